The van der Waals surface area contributed by atoms with Crippen molar-refractivity contribution >= 4 is 11.7 Å². The topological polar surface area (TPSA) is 84.1 Å². The van der Waals surface area contributed by atoms with Gasteiger partial charge in [-0.05, 0) is 6.42 Å². The summed E-state index contributed by atoms with van der Waals surface area (Å²) in [6.07, 6.45) is 3.79. The van der Waals surface area contributed by atoms with E-state index in [1.165, 1.54) is 12.4 Å². The number of hydrogen-bond acceptors (Lipinski definition) is 5. The second-order valence-electron chi connectivity index (χ2n) is 3.16. The van der Waals surface area contributed by atoms with Crippen LogP contribution in [0.5, 0.6) is 0 Å². The lowest BCUT2D eigenvalue weighted by molar-refractivity contribution is 0.0789. The number of rotatable bonds is 4. The van der Waals surface area contributed by atoms with Gasteiger partial charge in [-0.25, -0.2) is 10.8 Å². The Balaban J connectivity index is 2.81. The molecule has 1 aromatic rings. The second kappa shape index (κ2) is 5.26. The van der Waals surface area contributed by atoms with Crippen molar-refractivity contribution in [3.05, 3.63) is 18.1 Å². The van der Waals surface area contributed by atoms with Gasteiger partial charge in [0.1, 0.15) is 5.69 Å². The first-order chi connectivity index (χ1) is 7.19. The van der Waals surface area contributed by atoms with E-state index >= 15 is 0 Å². The molecule has 0 aliphatic heterocycles. The molecular weight excluding hydrogens is 194 g/mol. The zero-order chi connectivity index (χ0) is 11.3. The molecule has 0 aliphatic rings. The first kappa shape index (κ1) is 11.4. The van der Waals surface area contributed by atoms with Crippen molar-refractivity contribution in [2.75, 3.05) is 19.0 Å². The first-order valence-electron chi connectivity index (χ1n) is 4.73. The Morgan fingerprint density at radius 1 is 1.60 bits per heavy atom. The minimum Gasteiger partial charge on any atom is -0.340 e. The fraction of sp³-hybridized carbons (Fsp3) is 0.444. The first-order valence-corrected chi connectivity index (χ1v) is 4.73. The van der Waals surface area contributed by atoms with Gasteiger partial charge in [-0.3, -0.25) is 9.78 Å². The van der Waals surface area contributed by atoms with Crippen molar-refractivity contribution < 1.29 is 4.79 Å². The maximum Gasteiger partial charge on any atom is 0.273 e. The van der Waals surface area contributed by atoms with Crippen molar-refractivity contribution in [3.63, 3.8) is 0 Å². The summed E-state index contributed by atoms with van der Waals surface area (Å²) in [4.78, 5) is 21.2. The monoisotopic (exact) mass is 209 g/mol. The Bertz CT molecular complexity index is 341. The van der Waals surface area contributed by atoms with E-state index in [2.05, 4.69) is 15.4 Å². The van der Waals surface area contributed by atoms with Crippen LogP contribution < -0.4 is 11.3 Å². The maximum atomic E-state index is 11.8. The van der Waals surface area contributed by atoms with Gasteiger partial charge in [0.2, 0.25) is 0 Å². The minimum absolute atomic E-state index is 0.151. The summed E-state index contributed by atoms with van der Waals surface area (Å²) < 4.78 is 0. The van der Waals surface area contributed by atoms with E-state index < -0.39 is 0 Å². The molecule has 0 spiro atoms. The van der Waals surface area contributed by atoms with Gasteiger partial charge >= 0.3 is 0 Å². The Labute approximate surface area is 88.5 Å². The summed E-state index contributed by atoms with van der Waals surface area (Å²) in [5.74, 6) is 5.41. The van der Waals surface area contributed by atoms with E-state index in [-0.39, 0.29) is 5.91 Å². The molecule has 0 aliphatic carbocycles. The van der Waals surface area contributed by atoms with E-state index in [9.17, 15) is 4.79 Å². The van der Waals surface area contributed by atoms with E-state index in [4.69, 9.17) is 5.84 Å². The number of nitrogens with two attached hydrogens (primary N) is 1. The molecule has 0 aromatic carbocycles. The third kappa shape index (κ3) is 2.88. The zero-order valence-electron chi connectivity index (χ0n) is 8.90. The standard InChI is InChI=1S/C9H15N5O/c1-3-4-14(2)9(15)7-5-11-6-8(12-7)13-10/h5-6H,3-4,10H2,1-2H3,(H,12,13). The lowest BCUT2D eigenvalue weighted by atomic mass is 10.3. The SMILES string of the molecule is CCCN(C)C(=O)c1cncc(NN)n1. The quantitative estimate of drug-likeness (QED) is 0.548. The van der Waals surface area contributed by atoms with Crippen LogP contribution in [0.15, 0.2) is 12.4 Å². The molecule has 6 heteroatoms. The molecule has 0 unspecified atom stereocenters. The van der Waals surface area contributed by atoms with Crippen LogP contribution in [0.3, 0.4) is 0 Å². The van der Waals surface area contributed by atoms with Crippen LogP contribution >= 0.6 is 0 Å². The molecule has 82 valence electrons. The predicted molar refractivity (Wildman–Crippen MR) is 57.1 cm³/mol. The van der Waals surface area contributed by atoms with Crippen molar-refractivity contribution in [1.82, 2.24) is 14.9 Å². The molecule has 3 N–H and O–H groups in total. The molecule has 1 rings (SSSR count). The third-order valence-electron chi connectivity index (χ3n) is 1.91. The molecule has 1 aromatic heterocycles. The molecule has 0 atom stereocenters. The van der Waals surface area contributed by atoms with Gasteiger partial charge in [0.05, 0.1) is 12.4 Å². The molecular formula is C9H15N5O. The third-order valence-corrected chi connectivity index (χ3v) is 1.91. The largest absolute Gasteiger partial charge is 0.340 e. The molecule has 0 radical (unpaired) electrons. The number of anilines is 1. The van der Waals surface area contributed by atoms with Crippen molar-refractivity contribution in [3.8, 4) is 0 Å². The molecule has 0 bridgehead atoms. The zero-order valence-corrected chi connectivity index (χ0v) is 8.90. The Morgan fingerprint density at radius 3 is 2.93 bits per heavy atom. The van der Waals surface area contributed by atoms with Crippen LogP contribution in [0.25, 0.3) is 0 Å². The van der Waals surface area contributed by atoms with Crippen molar-refractivity contribution in [1.29, 1.82) is 0 Å². The summed E-state index contributed by atoms with van der Waals surface area (Å²) in [7, 11) is 1.73. The summed E-state index contributed by atoms with van der Waals surface area (Å²) in [5.41, 5.74) is 2.64. The van der Waals surface area contributed by atoms with Crippen LogP contribution in [0.1, 0.15) is 23.8 Å². The van der Waals surface area contributed by atoms with Gasteiger partial charge in [0.15, 0.2) is 5.82 Å². The van der Waals surface area contributed by atoms with E-state index in [0.717, 1.165) is 6.42 Å². The summed E-state index contributed by atoms with van der Waals surface area (Å²) >= 11 is 0. The molecule has 1 heterocycles. The van der Waals surface area contributed by atoms with E-state index in [1.54, 1.807) is 11.9 Å². The Morgan fingerprint density at radius 2 is 2.33 bits per heavy atom. The van der Waals surface area contributed by atoms with Crippen LogP contribution in [0.4, 0.5) is 5.82 Å². The highest BCUT2D eigenvalue weighted by Gasteiger charge is 2.12. The molecule has 0 saturated heterocycles. The van der Waals surface area contributed by atoms with Crippen LogP contribution in [0, 0.1) is 0 Å². The van der Waals surface area contributed by atoms with Gasteiger partial charge in [0.25, 0.3) is 5.91 Å². The molecule has 0 saturated carbocycles. The number of amides is 1. The minimum atomic E-state index is -0.151. The van der Waals surface area contributed by atoms with Crippen LogP contribution in [0.2, 0.25) is 0 Å². The van der Waals surface area contributed by atoms with Gasteiger partial charge in [-0.2, -0.15) is 0 Å². The highest BCUT2D eigenvalue weighted by molar-refractivity contribution is 5.92. The number of nitrogens with one attached hydrogen (secondary N) is 1. The summed E-state index contributed by atoms with van der Waals surface area (Å²) in [5, 5.41) is 0. The predicted octanol–water partition coefficient (Wildman–Crippen LogP) is 0.244. The molecule has 6 nitrogen and oxygen atoms in total. The summed E-state index contributed by atoms with van der Waals surface area (Å²) in [6.45, 7) is 2.70. The number of nitrogen functional groups attached to an aromatic ring is 1. The van der Waals surface area contributed by atoms with Crippen LogP contribution in [-0.4, -0.2) is 34.4 Å². The maximum absolute atomic E-state index is 11.8. The molecule has 1 amide bonds. The fourth-order valence-electron chi connectivity index (χ4n) is 1.17. The number of hydrazine groups is 1. The number of nitrogens with zero attached hydrogens (tertiary/aromatic N) is 3. The molecule has 15 heavy (non-hydrogen) atoms. The van der Waals surface area contributed by atoms with Gasteiger partial charge in [0, 0.05) is 13.6 Å². The van der Waals surface area contributed by atoms with E-state index in [0.29, 0.717) is 18.1 Å². The normalized spacial score (nSPS) is 9.80. The van der Waals surface area contributed by atoms with Crippen molar-refractivity contribution in [2.24, 2.45) is 5.84 Å². The lowest BCUT2D eigenvalue weighted by Crippen LogP contribution is -2.28. The lowest BCUT2D eigenvalue weighted by Gasteiger charge is -2.15. The highest BCUT2D eigenvalue weighted by Crippen LogP contribution is 2.03. The number of aromatic nitrogens is 2. The number of carbonyl (C=O) groups is 1. The fourth-order valence-corrected chi connectivity index (χ4v) is 1.17. The van der Waals surface area contributed by atoms with Crippen molar-refractivity contribution in [2.45, 2.75) is 13.3 Å². The van der Waals surface area contributed by atoms with Crippen LogP contribution in [-0.2, 0) is 0 Å². The average Bonchev–Trinajstić information content (AvgIpc) is 2.28. The summed E-state index contributed by atoms with van der Waals surface area (Å²) in [6, 6.07) is 0. The smallest absolute Gasteiger partial charge is 0.273 e. The van der Waals surface area contributed by atoms with Gasteiger partial charge in [-0.1, -0.05) is 6.92 Å². The number of hydrogen-bond donors (Lipinski definition) is 2. The molecule has 0 fully saturated rings. The van der Waals surface area contributed by atoms with E-state index in [1.807, 2.05) is 6.92 Å². The van der Waals surface area contributed by atoms with Gasteiger partial charge in [-0.15, -0.1) is 0 Å². The number of carbonyl (C=O) groups excluding carboxylic acids is 1. The van der Waals surface area contributed by atoms with Gasteiger partial charge < -0.3 is 10.3 Å². The highest BCUT2D eigenvalue weighted by atomic mass is 16.2. The second-order valence-corrected chi connectivity index (χ2v) is 3.16. The Kier molecular flexibility index (Phi) is 3.99. The Hall–Kier alpha value is -1.69. The average molecular weight is 209 g/mol.